The Bertz CT molecular complexity index is 2180. The highest BCUT2D eigenvalue weighted by Gasteiger charge is 2.51. The van der Waals surface area contributed by atoms with Gasteiger partial charge in [-0.25, -0.2) is 4.39 Å². The summed E-state index contributed by atoms with van der Waals surface area (Å²) in [6.45, 7) is 10.3. The maximum absolute atomic E-state index is 14.1. The minimum atomic E-state index is -3.14. The summed E-state index contributed by atoms with van der Waals surface area (Å²) < 4.78 is 51.9. The van der Waals surface area contributed by atoms with Crippen LogP contribution in [0.15, 0.2) is 109 Å². The zero-order valence-electron chi connectivity index (χ0n) is 31.6. The highest BCUT2D eigenvalue weighted by atomic mass is 31.1. The second-order valence-corrected chi connectivity index (χ2v) is 20.4. The largest absolute Gasteiger partial charge is 0.481 e. The fourth-order valence-electron chi connectivity index (χ4n) is 7.02. The van der Waals surface area contributed by atoms with E-state index >= 15 is 0 Å². The number of aliphatic carboxylic acids is 1. The van der Waals surface area contributed by atoms with Gasteiger partial charge in [0.1, 0.15) is 12.4 Å². The molecule has 5 aromatic rings. The van der Waals surface area contributed by atoms with Crippen LogP contribution in [-0.4, -0.2) is 50.0 Å². The average Bonchev–Trinajstić information content (AvgIpc) is 3.65. The predicted molar refractivity (Wildman–Crippen MR) is 217 cm³/mol. The van der Waals surface area contributed by atoms with E-state index in [1.807, 2.05) is 98.8 Å². The summed E-state index contributed by atoms with van der Waals surface area (Å²) in [6, 6.07) is 33.5. The monoisotopic (exact) mass is 777 g/mol. The third kappa shape index (κ3) is 8.93. The molecule has 4 aromatic carbocycles. The van der Waals surface area contributed by atoms with E-state index in [1.54, 1.807) is 12.1 Å². The van der Waals surface area contributed by atoms with Crippen molar-refractivity contribution < 1.29 is 37.3 Å². The van der Waals surface area contributed by atoms with Crippen molar-refractivity contribution in [2.24, 2.45) is 0 Å². The molecule has 0 bridgehead atoms. The number of nitrogens with zero attached hydrogens (tertiary/aromatic N) is 1. The molecule has 0 aliphatic carbocycles. The zero-order valence-corrected chi connectivity index (χ0v) is 33.6. The van der Waals surface area contributed by atoms with Gasteiger partial charge in [0.05, 0.1) is 29.5 Å². The van der Waals surface area contributed by atoms with E-state index in [1.165, 1.54) is 12.1 Å². The van der Waals surface area contributed by atoms with Gasteiger partial charge < -0.3 is 23.5 Å². The van der Waals surface area contributed by atoms with E-state index in [0.717, 1.165) is 27.1 Å². The lowest BCUT2D eigenvalue weighted by atomic mass is 9.92. The van der Waals surface area contributed by atoms with Crippen LogP contribution in [0.5, 0.6) is 11.5 Å². The van der Waals surface area contributed by atoms with Crippen LogP contribution in [0, 0.1) is 17.7 Å². The first-order valence-electron chi connectivity index (χ1n) is 18.2. The Morgan fingerprint density at radius 1 is 0.927 bits per heavy atom. The van der Waals surface area contributed by atoms with E-state index in [2.05, 4.69) is 32.6 Å². The number of pyridine rings is 1. The van der Waals surface area contributed by atoms with Gasteiger partial charge in [-0.1, -0.05) is 125 Å². The molecule has 0 saturated heterocycles. The number of carboxylic acids is 1. The molecule has 1 N–H and O–H groups in total. The topological polar surface area (TPSA) is 104 Å². The fraction of sp³-hybridized carbons (Fsp3) is 0.273. The Balaban J connectivity index is 1.29. The number of hydrogen-bond donors (Lipinski definition) is 1. The molecule has 0 radical (unpaired) electrons. The van der Waals surface area contributed by atoms with Crippen LogP contribution in [-0.2, 0) is 18.3 Å². The molecule has 0 spiro atoms. The summed E-state index contributed by atoms with van der Waals surface area (Å²) in [5.41, 5.74) is 4.25. The predicted octanol–water partition coefficient (Wildman–Crippen LogP) is 8.67. The maximum Gasteiger partial charge on any atom is 0.305 e. The van der Waals surface area contributed by atoms with Gasteiger partial charge in [0, 0.05) is 17.3 Å². The Labute approximate surface area is 323 Å². The second-order valence-electron chi connectivity index (χ2n) is 14.7. The molecular weight excluding hydrogens is 733 g/mol. The second kappa shape index (κ2) is 17.2. The van der Waals surface area contributed by atoms with Crippen LogP contribution in [0.4, 0.5) is 4.39 Å². The first-order valence-corrected chi connectivity index (χ1v) is 21.7. The van der Waals surface area contributed by atoms with Crippen molar-refractivity contribution in [3.05, 3.63) is 126 Å². The van der Waals surface area contributed by atoms with Gasteiger partial charge in [0.2, 0.25) is 6.79 Å². The van der Waals surface area contributed by atoms with E-state index in [4.69, 9.17) is 23.4 Å². The SMILES string of the molecule is CC(C)c1nc(-c2cccc3c2OCO3)cc(-c2ccc(F)cc2)c1C#CCO[PH](=O)C[C@H](CC(=O)O)O[Si](c1ccccc1)(c1ccccc1)C(C)(C)C. The van der Waals surface area contributed by atoms with Crippen LogP contribution < -0.4 is 19.8 Å². The lowest BCUT2D eigenvalue weighted by molar-refractivity contribution is -0.138. The number of para-hydroxylation sites is 1. The molecule has 8 nitrogen and oxygen atoms in total. The third-order valence-corrected chi connectivity index (χ3v) is 15.8. The molecule has 6 rings (SSSR count). The van der Waals surface area contributed by atoms with Crippen molar-refractivity contribution in [3.63, 3.8) is 0 Å². The number of halogens is 1. The minimum Gasteiger partial charge on any atom is -0.481 e. The summed E-state index contributed by atoms with van der Waals surface area (Å²) in [6.07, 6.45) is -1.31. The van der Waals surface area contributed by atoms with Crippen LogP contribution >= 0.6 is 8.03 Å². The Kier molecular flexibility index (Phi) is 12.4. The quantitative estimate of drug-likeness (QED) is 0.0720. The van der Waals surface area contributed by atoms with Gasteiger partial charge in [0.15, 0.2) is 19.5 Å². The number of rotatable bonds is 13. The minimum absolute atomic E-state index is 0.0483. The molecule has 284 valence electrons. The first kappa shape index (κ1) is 39.6. The van der Waals surface area contributed by atoms with Crippen LogP contribution in [0.25, 0.3) is 22.4 Å². The number of ether oxygens (including phenoxy) is 2. The van der Waals surface area contributed by atoms with Crippen molar-refractivity contribution in [1.29, 1.82) is 0 Å². The summed E-state index contributed by atoms with van der Waals surface area (Å²) >= 11 is 0. The zero-order chi connectivity index (χ0) is 39.2. The lowest BCUT2D eigenvalue weighted by Crippen LogP contribution is -2.68. The van der Waals surface area contributed by atoms with Crippen LogP contribution in [0.1, 0.15) is 58.2 Å². The Hall–Kier alpha value is -5.04. The van der Waals surface area contributed by atoms with Crippen molar-refractivity contribution in [1.82, 2.24) is 4.98 Å². The third-order valence-electron chi connectivity index (χ3n) is 9.50. The summed E-state index contributed by atoms with van der Waals surface area (Å²) in [5.74, 6) is 6.03. The smallest absolute Gasteiger partial charge is 0.305 e. The number of aromatic nitrogens is 1. The first-order chi connectivity index (χ1) is 26.4. The Morgan fingerprint density at radius 3 is 2.18 bits per heavy atom. The molecule has 55 heavy (non-hydrogen) atoms. The molecule has 0 saturated carbocycles. The molecule has 1 aliphatic rings. The molecule has 1 aliphatic heterocycles. The number of fused-ring (bicyclic) bond motifs is 1. The number of hydrogen-bond acceptors (Lipinski definition) is 7. The normalized spacial score (nSPS) is 13.6. The summed E-state index contributed by atoms with van der Waals surface area (Å²) in [7, 11) is -5.95. The molecule has 0 amide bonds. The van der Waals surface area contributed by atoms with Gasteiger partial charge in [-0.3, -0.25) is 14.3 Å². The standard InChI is InChI=1S/C44H45FNO7PSi/c1-30(2)42-36(38(31-21-23-32(45)24-22-31)27-39(46-42)37-18-12-20-40-43(37)51-29-50-40)19-13-25-52-54(49)28-33(26-41(47)48)53-55(44(3,4)5,34-14-8-6-9-15-34)35-16-10-7-11-17-35/h6-12,14-18,20-24,27,30,33,54H,25-26,28-29H2,1-5H3,(H,47,48)/t33-/m0/s1. The van der Waals surface area contributed by atoms with Crippen LogP contribution in [0.3, 0.4) is 0 Å². The summed E-state index contributed by atoms with van der Waals surface area (Å²) in [5, 5.41) is 11.5. The van der Waals surface area contributed by atoms with Gasteiger partial charge in [-0.15, -0.1) is 0 Å². The van der Waals surface area contributed by atoms with E-state index in [0.29, 0.717) is 28.5 Å². The van der Waals surface area contributed by atoms with Gasteiger partial charge in [-0.05, 0) is 57.2 Å². The number of benzene rings is 4. The van der Waals surface area contributed by atoms with Gasteiger partial charge >= 0.3 is 5.97 Å². The van der Waals surface area contributed by atoms with Crippen molar-refractivity contribution in [2.75, 3.05) is 19.6 Å². The van der Waals surface area contributed by atoms with E-state index in [9.17, 15) is 18.9 Å². The highest BCUT2D eigenvalue weighted by molar-refractivity contribution is 7.39. The van der Waals surface area contributed by atoms with Crippen LogP contribution in [0.2, 0.25) is 5.04 Å². The van der Waals surface area contributed by atoms with Gasteiger partial charge in [-0.2, -0.15) is 0 Å². The van der Waals surface area contributed by atoms with E-state index in [-0.39, 0.29) is 37.7 Å². The van der Waals surface area contributed by atoms with Crippen molar-refractivity contribution >= 4 is 32.7 Å². The molecule has 1 aromatic heterocycles. The Morgan fingerprint density at radius 2 is 1.58 bits per heavy atom. The molecule has 2 atom stereocenters. The molecular formula is C44H45FNO7PSi. The molecule has 0 fully saturated rings. The van der Waals surface area contributed by atoms with E-state index < -0.39 is 33.5 Å². The molecule has 1 unspecified atom stereocenters. The average molecular weight is 778 g/mol. The number of carboxylic acid groups (broad SMARTS) is 1. The fourth-order valence-corrected chi connectivity index (χ4v) is 12.8. The molecule has 2 heterocycles. The van der Waals surface area contributed by atoms with Gasteiger partial charge in [0.25, 0.3) is 8.32 Å². The van der Waals surface area contributed by atoms with Crippen molar-refractivity contribution in [3.8, 4) is 45.7 Å². The maximum atomic E-state index is 14.1. The molecule has 11 heteroatoms. The lowest BCUT2D eigenvalue weighted by Gasteiger charge is -2.45. The highest BCUT2D eigenvalue weighted by Crippen LogP contribution is 2.43. The number of carbonyl (C=O) groups is 1. The van der Waals surface area contributed by atoms with Crippen molar-refractivity contribution in [2.45, 2.75) is 58.1 Å². The summed E-state index contributed by atoms with van der Waals surface area (Å²) in [4.78, 5) is 17.2.